The fraction of sp³-hybridized carbons (Fsp3) is 0.529. The van der Waals surface area contributed by atoms with E-state index in [1.807, 2.05) is 29.2 Å². The fourth-order valence-corrected chi connectivity index (χ4v) is 3.06. The third kappa shape index (κ3) is 3.02. The highest BCUT2D eigenvalue weighted by atomic mass is 16.2. The van der Waals surface area contributed by atoms with Crippen molar-refractivity contribution in [3.63, 3.8) is 0 Å². The number of rotatable bonds is 2. The summed E-state index contributed by atoms with van der Waals surface area (Å²) in [6.07, 6.45) is 4.38. The summed E-state index contributed by atoms with van der Waals surface area (Å²) in [6, 6.07) is 9.87. The van der Waals surface area contributed by atoms with E-state index in [1.165, 1.54) is 6.42 Å². The van der Waals surface area contributed by atoms with Gasteiger partial charge in [-0.05, 0) is 43.5 Å². The number of amides is 1. The van der Waals surface area contributed by atoms with E-state index in [-0.39, 0.29) is 0 Å². The van der Waals surface area contributed by atoms with Gasteiger partial charge in [-0.2, -0.15) is 5.26 Å². The summed E-state index contributed by atoms with van der Waals surface area (Å²) in [5.74, 6) is 0.661. The molecule has 0 atom stereocenters. The van der Waals surface area contributed by atoms with Gasteiger partial charge in [0.25, 0.3) is 0 Å². The van der Waals surface area contributed by atoms with Crippen molar-refractivity contribution in [1.82, 2.24) is 4.90 Å². The van der Waals surface area contributed by atoms with Crippen molar-refractivity contribution >= 4 is 11.6 Å². The molecule has 0 bridgehead atoms. The molecule has 1 heterocycles. The molecule has 3 rings (SSSR count). The second-order valence-corrected chi connectivity index (χ2v) is 5.95. The number of benzene rings is 1. The maximum Gasteiger partial charge on any atom is 0.225 e. The summed E-state index contributed by atoms with van der Waals surface area (Å²) in [5, 5.41) is 8.85. The lowest BCUT2D eigenvalue weighted by Gasteiger charge is -2.31. The quantitative estimate of drug-likeness (QED) is 0.837. The largest absolute Gasteiger partial charge is 0.370 e. The maximum atomic E-state index is 12.3. The molecule has 1 saturated heterocycles. The van der Waals surface area contributed by atoms with Gasteiger partial charge in [-0.15, -0.1) is 0 Å². The molecule has 1 aliphatic carbocycles. The third-order valence-corrected chi connectivity index (χ3v) is 4.62. The summed E-state index contributed by atoms with van der Waals surface area (Å²) in [5.41, 5.74) is 1.84. The van der Waals surface area contributed by atoms with Crippen molar-refractivity contribution in [3.05, 3.63) is 29.8 Å². The molecule has 0 unspecified atom stereocenters. The normalized spacial score (nSPS) is 19.6. The highest BCUT2D eigenvalue weighted by Gasteiger charge is 2.30. The molecule has 1 amide bonds. The molecule has 1 saturated carbocycles. The number of anilines is 1. The Labute approximate surface area is 126 Å². The summed E-state index contributed by atoms with van der Waals surface area (Å²) in [6.45, 7) is 3.54. The first-order chi connectivity index (χ1) is 10.3. The van der Waals surface area contributed by atoms with E-state index < -0.39 is 0 Å². The van der Waals surface area contributed by atoms with Crippen LogP contribution >= 0.6 is 0 Å². The van der Waals surface area contributed by atoms with Crippen LogP contribution in [-0.2, 0) is 4.79 Å². The average molecular weight is 283 g/mol. The average Bonchev–Trinajstić information content (AvgIpc) is 2.71. The van der Waals surface area contributed by atoms with Crippen LogP contribution in [0.3, 0.4) is 0 Å². The topological polar surface area (TPSA) is 47.3 Å². The lowest BCUT2D eigenvalue weighted by Crippen LogP contribution is -2.41. The SMILES string of the molecule is N#Cc1ccc(N2CCCN(C(=O)C3CCC3)CC2)cc1. The van der Waals surface area contributed by atoms with Gasteiger partial charge in [0, 0.05) is 37.8 Å². The Morgan fingerprint density at radius 2 is 1.81 bits per heavy atom. The van der Waals surface area contributed by atoms with E-state index in [1.54, 1.807) is 0 Å². The van der Waals surface area contributed by atoms with E-state index in [0.29, 0.717) is 17.4 Å². The standard InChI is InChI=1S/C17H21N3O/c18-13-14-5-7-16(8-6-14)19-9-2-10-20(12-11-19)17(21)15-3-1-4-15/h5-8,15H,1-4,9-12H2. The molecule has 2 aliphatic rings. The number of carbonyl (C=O) groups is 1. The molecule has 1 aromatic rings. The highest BCUT2D eigenvalue weighted by Crippen LogP contribution is 2.28. The predicted molar refractivity (Wildman–Crippen MR) is 81.9 cm³/mol. The number of nitrogens with zero attached hydrogens (tertiary/aromatic N) is 3. The van der Waals surface area contributed by atoms with Gasteiger partial charge in [-0.1, -0.05) is 6.42 Å². The van der Waals surface area contributed by atoms with Gasteiger partial charge in [0.05, 0.1) is 11.6 Å². The van der Waals surface area contributed by atoms with Crippen LogP contribution in [0.25, 0.3) is 0 Å². The molecule has 110 valence electrons. The summed E-state index contributed by atoms with van der Waals surface area (Å²) >= 11 is 0. The minimum atomic E-state index is 0.298. The fourth-order valence-electron chi connectivity index (χ4n) is 3.06. The minimum Gasteiger partial charge on any atom is -0.370 e. The van der Waals surface area contributed by atoms with Gasteiger partial charge in [0.15, 0.2) is 0 Å². The first-order valence-electron chi connectivity index (χ1n) is 7.82. The number of hydrogen-bond donors (Lipinski definition) is 0. The predicted octanol–water partition coefficient (Wildman–Crippen LogP) is 2.40. The molecular formula is C17H21N3O. The van der Waals surface area contributed by atoms with Crippen molar-refractivity contribution in [2.75, 3.05) is 31.1 Å². The maximum absolute atomic E-state index is 12.3. The van der Waals surface area contributed by atoms with Crippen LogP contribution in [0.1, 0.15) is 31.2 Å². The molecule has 0 spiro atoms. The van der Waals surface area contributed by atoms with Gasteiger partial charge in [-0.25, -0.2) is 0 Å². The van der Waals surface area contributed by atoms with E-state index >= 15 is 0 Å². The van der Waals surface area contributed by atoms with Crippen LogP contribution in [0.15, 0.2) is 24.3 Å². The van der Waals surface area contributed by atoms with Crippen LogP contribution in [0.5, 0.6) is 0 Å². The van der Waals surface area contributed by atoms with Crippen molar-refractivity contribution in [2.24, 2.45) is 5.92 Å². The van der Waals surface area contributed by atoms with Gasteiger partial charge in [-0.3, -0.25) is 4.79 Å². The van der Waals surface area contributed by atoms with E-state index in [9.17, 15) is 4.79 Å². The molecule has 0 aromatic heterocycles. The van der Waals surface area contributed by atoms with Crippen molar-refractivity contribution in [1.29, 1.82) is 5.26 Å². The van der Waals surface area contributed by atoms with Crippen molar-refractivity contribution in [2.45, 2.75) is 25.7 Å². The monoisotopic (exact) mass is 283 g/mol. The Bertz CT molecular complexity index is 542. The van der Waals surface area contributed by atoms with E-state index in [4.69, 9.17) is 5.26 Å². The van der Waals surface area contributed by atoms with E-state index in [0.717, 1.165) is 51.1 Å². The Hall–Kier alpha value is -2.02. The second kappa shape index (κ2) is 6.17. The second-order valence-electron chi connectivity index (χ2n) is 5.95. The lowest BCUT2D eigenvalue weighted by atomic mass is 9.84. The molecule has 1 aliphatic heterocycles. The van der Waals surface area contributed by atoms with Gasteiger partial charge >= 0.3 is 0 Å². The van der Waals surface area contributed by atoms with Gasteiger partial charge < -0.3 is 9.80 Å². The Morgan fingerprint density at radius 1 is 1.05 bits per heavy atom. The smallest absolute Gasteiger partial charge is 0.225 e. The van der Waals surface area contributed by atoms with Crippen molar-refractivity contribution in [3.8, 4) is 6.07 Å². The molecule has 21 heavy (non-hydrogen) atoms. The molecule has 4 heteroatoms. The van der Waals surface area contributed by atoms with Gasteiger partial charge in [0.2, 0.25) is 5.91 Å². The molecule has 0 radical (unpaired) electrons. The first kappa shape index (κ1) is 13.9. The summed E-state index contributed by atoms with van der Waals surface area (Å²) in [4.78, 5) is 16.7. The highest BCUT2D eigenvalue weighted by molar-refractivity contribution is 5.79. The molecule has 1 aromatic carbocycles. The lowest BCUT2D eigenvalue weighted by molar-refractivity contribution is -0.137. The van der Waals surface area contributed by atoms with Crippen LogP contribution in [0, 0.1) is 17.2 Å². The summed E-state index contributed by atoms with van der Waals surface area (Å²) < 4.78 is 0. The Kier molecular flexibility index (Phi) is 4.10. The number of carbonyl (C=O) groups excluding carboxylic acids is 1. The zero-order chi connectivity index (χ0) is 14.7. The zero-order valence-corrected chi connectivity index (χ0v) is 12.3. The molecule has 2 fully saturated rings. The summed E-state index contributed by atoms with van der Waals surface area (Å²) in [7, 11) is 0. The first-order valence-corrected chi connectivity index (χ1v) is 7.82. The van der Waals surface area contributed by atoms with E-state index in [2.05, 4.69) is 11.0 Å². The van der Waals surface area contributed by atoms with Crippen LogP contribution < -0.4 is 4.90 Å². The number of nitriles is 1. The van der Waals surface area contributed by atoms with Crippen LogP contribution in [0.2, 0.25) is 0 Å². The third-order valence-electron chi connectivity index (χ3n) is 4.62. The zero-order valence-electron chi connectivity index (χ0n) is 12.3. The Morgan fingerprint density at radius 3 is 2.43 bits per heavy atom. The molecular weight excluding hydrogens is 262 g/mol. The van der Waals surface area contributed by atoms with Crippen LogP contribution in [-0.4, -0.2) is 37.0 Å². The van der Waals surface area contributed by atoms with Crippen molar-refractivity contribution < 1.29 is 4.79 Å². The molecule has 4 nitrogen and oxygen atoms in total. The molecule has 0 N–H and O–H groups in total. The number of hydrogen-bond acceptors (Lipinski definition) is 3. The Balaban J connectivity index is 1.62. The van der Waals surface area contributed by atoms with Crippen LogP contribution in [0.4, 0.5) is 5.69 Å². The minimum absolute atomic E-state index is 0.298. The van der Waals surface area contributed by atoms with Gasteiger partial charge in [0.1, 0.15) is 0 Å².